The maximum atomic E-state index is 11.0. The zero-order chi connectivity index (χ0) is 32.7. The molecule has 0 aliphatic heterocycles. The van der Waals surface area contributed by atoms with Crippen LogP contribution in [0.4, 0.5) is 22.7 Å². The second kappa shape index (κ2) is 21.6. The molecular formula is C36H42N4O6. The van der Waals surface area contributed by atoms with Crippen LogP contribution in [0, 0.1) is 0 Å². The summed E-state index contributed by atoms with van der Waals surface area (Å²) in [6, 6.07) is 22.3. The summed E-state index contributed by atoms with van der Waals surface area (Å²) in [6.45, 7) is 8.84. The second-order valence-electron chi connectivity index (χ2n) is 10.2. The number of carbonyl (C=O) groups excluding carboxylic acids is 2. The lowest BCUT2D eigenvalue weighted by Crippen LogP contribution is -2.02. The average molecular weight is 627 g/mol. The molecule has 3 aromatic carbocycles. The molecule has 3 aromatic rings. The monoisotopic (exact) mass is 626 g/mol. The quantitative estimate of drug-likeness (QED) is 0.0474. The molecule has 0 amide bonds. The van der Waals surface area contributed by atoms with E-state index in [4.69, 9.17) is 18.9 Å². The highest BCUT2D eigenvalue weighted by Gasteiger charge is 2.00. The summed E-state index contributed by atoms with van der Waals surface area (Å²) in [6.07, 6.45) is 9.83. The summed E-state index contributed by atoms with van der Waals surface area (Å²) >= 11 is 0. The van der Waals surface area contributed by atoms with E-state index in [-0.39, 0.29) is 11.9 Å². The van der Waals surface area contributed by atoms with Crippen molar-refractivity contribution in [2.45, 2.75) is 51.4 Å². The first-order valence-electron chi connectivity index (χ1n) is 15.5. The SMILES string of the molecule is C=CC(=O)OCCCCCCOc1ccc(N=Nc2ccc(N=Nc3ccc(OCCCCCCOC(=O)C=C)cc3)cc2)cc1. The lowest BCUT2D eigenvalue weighted by Gasteiger charge is -2.06. The molecule has 0 heterocycles. The van der Waals surface area contributed by atoms with Crippen molar-refractivity contribution in [1.29, 1.82) is 0 Å². The second-order valence-corrected chi connectivity index (χ2v) is 10.2. The molecule has 0 aliphatic carbocycles. The Morgan fingerprint density at radius 1 is 0.457 bits per heavy atom. The number of benzene rings is 3. The first-order chi connectivity index (χ1) is 22.6. The topological polar surface area (TPSA) is 120 Å². The molecule has 0 bridgehead atoms. The molecule has 0 atom stereocenters. The van der Waals surface area contributed by atoms with E-state index in [0.717, 1.165) is 74.2 Å². The molecule has 0 saturated heterocycles. The highest BCUT2D eigenvalue weighted by molar-refractivity contribution is 5.81. The molecular weight excluding hydrogens is 584 g/mol. The van der Waals surface area contributed by atoms with Crippen molar-refractivity contribution >= 4 is 34.7 Å². The fraction of sp³-hybridized carbons (Fsp3) is 0.333. The van der Waals surface area contributed by atoms with E-state index in [1.54, 1.807) is 0 Å². The standard InChI is InChI=1S/C36H42N4O6/c1-3-35(41)45-27-11-7-5-9-25-43-33-21-17-31(18-22-33)39-37-29-13-15-30(16-14-29)38-40-32-19-23-34(24-20-32)44-26-10-6-8-12-28-46-36(42)4-2/h3-4,13-24H,1-2,5-12,25-28H2. The molecule has 0 N–H and O–H groups in total. The normalized spacial score (nSPS) is 11.0. The fourth-order valence-electron chi connectivity index (χ4n) is 3.99. The van der Waals surface area contributed by atoms with Gasteiger partial charge in [-0.1, -0.05) is 13.2 Å². The van der Waals surface area contributed by atoms with E-state index in [0.29, 0.717) is 37.8 Å². The van der Waals surface area contributed by atoms with Crippen molar-refractivity contribution in [3.63, 3.8) is 0 Å². The molecule has 10 heteroatoms. The maximum Gasteiger partial charge on any atom is 0.330 e. The molecule has 0 radical (unpaired) electrons. The van der Waals surface area contributed by atoms with Crippen LogP contribution in [0.5, 0.6) is 11.5 Å². The maximum absolute atomic E-state index is 11.0. The van der Waals surface area contributed by atoms with Crippen molar-refractivity contribution in [3.8, 4) is 11.5 Å². The molecule has 0 saturated carbocycles. The zero-order valence-electron chi connectivity index (χ0n) is 26.2. The number of hydrogen-bond acceptors (Lipinski definition) is 10. The van der Waals surface area contributed by atoms with E-state index < -0.39 is 0 Å². The summed E-state index contributed by atoms with van der Waals surface area (Å²) in [5.74, 6) is 0.809. The summed E-state index contributed by atoms with van der Waals surface area (Å²) in [7, 11) is 0. The van der Waals surface area contributed by atoms with Crippen LogP contribution in [-0.2, 0) is 19.1 Å². The molecule has 242 valence electrons. The predicted octanol–water partition coefficient (Wildman–Crippen LogP) is 9.85. The van der Waals surface area contributed by atoms with Crippen molar-refractivity contribution in [2.24, 2.45) is 20.5 Å². The van der Waals surface area contributed by atoms with Gasteiger partial charge in [0, 0.05) is 12.2 Å². The minimum atomic E-state index is -0.378. The van der Waals surface area contributed by atoms with Crippen LogP contribution in [0.25, 0.3) is 0 Å². The van der Waals surface area contributed by atoms with Gasteiger partial charge in [-0.3, -0.25) is 0 Å². The van der Waals surface area contributed by atoms with Gasteiger partial charge in [0.2, 0.25) is 0 Å². The Morgan fingerprint density at radius 2 is 0.739 bits per heavy atom. The van der Waals surface area contributed by atoms with Crippen molar-refractivity contribution in [1.82, 2.24) is 0 Å². The number of hydrogen-bond donors (Lipinski definition) is 0. The number of unbranched alkanes of at least 4 members (excludes halogenated alkanes) is 6. The predicted molar refractivity (Wildman–Crippen MR) is 178 cm³/mol. The fourth-order valence-corrected chi connectivity index (χ4v) is 3.99. The van der Waals surface area contributed by atoms with E-state index in [2.05, 4.69) is 33.6 Å². The van der Waals surface area contributed by atoms with Crippen molar-refractivity contribution in [3.05, 3.63) is 98.1 Å². The summed E-state index contributed by atoms with van der Waals surface area (Å²) in [5, 5.41) is 17.2. The third kappa shape index (κ3) is 15.1. The van der Waals surface area contributed by atoms with E-state index in [1.807, 2.05) is 72.8 Å². The van der Waals surface area contributed by atoms with Crippen LogP contribution < -0.4 is 9.47 Å². The van der Waals surface area contributed by atoms with Gasteiger partial charge in [0.05, 0.1) is 49.2 Å². The van der Waals surface area contributed by atoms with Gasteiger partial charge >= 0.3 is 11.9 Å². The summed E-state index contributed by atoms with van der Waals surface area (Å²) in [5.41, 5.74) is 2.86. The van der Waals surface area contributed by atoms with Crippen LogP contribution in [0.15, 0.2) is 119 Å². The van der Waals surface area contributed by atoms with Gasteiger partial charge in [-0.25, -0.2) is 9.59 Å². The minimum absolute atomic E-state index is 0.378. The zero-order valence-corrected chi connectivity index (χ0v) is 26.2. The number of rotatable bonds is 22. The molecule has 0 spiro atoms. The number of nitrogens with zero attached hydrogens (tertiary/aromatic N) is 4. The van der Waals surface area contributed by atoms with Crippen LogP contribution in [0.1, 0.15) is 51.4 Å². The Bertz CT molecular complexity index is 1300. The Morgan fingerprint density at radius 3 is 1.04 bits per heavy atom. The third-order valence-electron chi connectivity index (χ3n) is 6.52. The lowest BCUT2D eigenvalue weighted by molar-refractivity contribution is -0.138. The lowest BCUT2D eigenvalue weighted by atomic mass is 10.2. The summed E-state index contributed by atoms with van der Waals surface area (Å²) in [4.78, 5) is 22.0. The van der Waals surface area contributed by atoms with Gasteiger partial charge < -0.3 is 18.9 Å². The first kappa shape index (κ1) is 35.4. The summed E-state index contributed by atoms with van der Waals surface area (Å²) < 4.78 is 21.5. The molecule has 3 rings (SSSR count). The Hall–Kier alpha value is -5.12. The molecule has 0 aromatic heterocycles. The Kier molecular flexibility index (Phi) is 16.6. The van der Waals surface area contributed by atoms with Crippen LogP contribution in [0.3, 0.4) is 0 Å². The largest absolute Gasteiger partial charge is 0.494 e. The molecule has 0 aliphatic rings. The average Bonchev–Trinajstić information content (AvgIpc) is 3.09. The minimum Gasteiger partial charge on any atom is -0.494 e. The molecule has 10 nitrogen and oxygen atoms in total. The van der Waals surface area contributed by atoms with E-state index >= 15 is 0 Å². The van der Waals surface area contributed by atoms with Gasteiger partial charge in [0.25, 0.3) is 0 Å². The third-order valence-corrected chi connectivity index (χ3v) is 6.52. The van der Waals surface area contributed by atoms with Crippen molar-refractivity contribution in [2.75, 3.05) is 26.4 Å². The first-order valence-corrected chi connectivity index (χ1v) is 15.5. The highest BCUT2D eigenvalue weighted by atomic mass is 16.5. The Balaban J connectivity index is 1.30. The van der Waals surface area contributed by atoms with Crippen LogP contribution in [-0.4, -0.2) is 38.4 Å². The number of azo groups is 2. The van der Waals surface area contributed by atoms with Gasteiger partial charge in [0.1, 0.15) is 11.5 Å². The molecule has 0 fully saturated rings. The van der Waals surface area contributed by atoms with Gasteiger partial charge in [0.15, 0.2) is 0 Å². The highest BCUT2D eigenvalue weighted by Crippen LogP contribution is 2.25. The molecule has 46 heavy (non-hydrogen) atoms. The van der Waals surface area contributed by atoms with Crippen LogP contribution in [0.2, 0.25) is 0 Å². The number of esters is 2. The van der Waals surface area contributed by atoms with Crippen LogP contribution >= 0.6 is 0 Å². The number of carbonyl (C=O) groups is 2. The van der Waals surface area contributed by atoms with Gasteiger partial charge in [-0.2, -0.15) is 20.5 Å². The number of ether oxygens (including phenoxy) is 4. The van der Waals surface area contributed by atoms with Crippen molar-refractivity contribution < 1.29 is 28.5 Å². The van der Waals surface area contributed by atoms with E-state index in [1.165, 1.54) is 12.2 Å². The molecule has 0 unspecified atom stereocenters. The van der Waals surface area contributed by atoms with Gasteiger partial charge in [-0.05, 0) is 124 Å². The smallest absolute Gasteiger partial charge is 0.330 e. The van der Waals surface area contributed by atoms with E-state index in [9.17, 15) is 9.59 Å². The van der Waals surface area contributed by atoms with Gasteiger partial charge in [-0.15, -0.1) is 0 Å². The Labute approximate surface area is 270 Å².